The zero-order valence-electron chi connectivity index (χ0n) is 11.4. The highest BCUT2D eigenvalue weighted by Gasteiger charge is 2.22. The van der Waals surface area contributed by atoms with Gasteiger partial charge in [0.1, 0.15) is 0 Å². The molecule has 2 aromatic rings. The van der Waals surface area contributed by atoms with Gasteiger partial charge in [-0.1, -0.05) is 0 Å². The van der Waals surface area contributed by atoms with Gasteiger partial charge in [-0.15, -0.1) is 0 Å². The van der Waals surface area contributed by atoms with Crippen LogP contribution in [-0.2, 0) is 9.84 Å². The summed E-state index contributed by atoms with van der Waals surface area (Å²) >= 11 is 0. The van der Waals surface area contributed by atoms with Gasteiger partial charge in [0.05, 0.1) is 15.5 Å². The first kappa shape index (κ1) is 14.2. The first-order valence-corrected chi connectivity index (χ1v) is 7.48. The summed E-state index contributed by atoms with van der Waals surface area (Å²) in [5.41, 5.74) is 12.8. The van der Waals surface area contributed by atoms with Crippen LogP contribution >= 0.6 is 0 Å². The Morgan fingerprint density at radius 2 is 1.45 bits per heavy atom. The number of hydrogen-bond acceptors (Lipinski definition) is 5. The molecule has 0 aliphatic heterocycles. The van der Waals surface area contributed by atoms with E-state index in [-0.39, 0.29) is 9.79 Å². The summed E-state index contributed by atoms with van der Waals surface area (Å²) in [6.07, 6.45) is 0. The Labute approximate surface area is 118 Å². The normalized spacial score (nSPS) is 11.3. The summed E-state index contributed by atoms with van der Waals surface area (Å²) in [5, 5.41) is 0. The third-order valence-electron chi connectivity index (χ3n) is 2.95. The SMILES string of the molecule is CN(C)c1ccc(N)cc1S(=O)(=O)c1ccc(N)cc1. The molecule has 0 saturated heterocycles. The Morgan fingerprint density at radius 1 is 0.900 bits per heavy atom. The van der Waals surface area contributed by atoms with Crippen LogP contribution in [-0.4, -0.2) is 22.5 Å². The quantitative estimate of drug-likeness (QED) is 0.841. The Bertz CT molecular complexity index is 723. The lowest BCUT2D eigenvalue weighted by Gasteiger charge is -2.18. The molecule has 0 fully saturated rings. The standard InChI is InChI=1S/C14H17N3O2S/c1-17(2)13-8-5-11(16)9-14(13)20(18,19)12-6-3-10(15)4-7-12/h3-9H,15-16H2,1-2H3. The van der Waals surface area contributed by atoms with Crippen LogP contribution in [0, 0.1) is 0 Å². The molecule has 6 heteroatoms. The van der Waals surface area contributed by atoms with Gasteiger partial charge in [0.2, 0.25) is 9.84 Å². The number of nitrogen functional groups attached to an aromatic ring is 2. The summed E-state index contributed by atoms with van der Waals surface area (Å²) in [6, 6.07) is 11.0. The molecule has 4 N–H and O–H groups in total. The Balaban J connectivity index is 2.65. The van der Waals surface area contributed by atoms with Crippen LogP contribution in [0.3, 0.4) is 0 Å². The van der Waals surface area contributed by atoms with Crippen molar-refractivity contribution in [2.45, 2.75) is 9.79 Å². The number of hydrogen-bond donors (Lipinski definition) is 2. The van der Waals surface area contributed by atoms with E-state index in [0.29, 0.717) is 17.1 Å². The van der Waals surface area contributed by atoms with Crippen molar-refractivity contribution < 1.29 is 8.42 Å². The van der Waals surface area contributed by atoms with E-state index in [0.717, 1.165) is 0 Å². The molecule has 0 saturated carbocycles. The first-order valence-electron chi connectivity index (χ1n) is 6.00. The molecule has 5 nitrogen and oxygen atoms in total. The van der Waals surface area contributed by atoms with Crippen LogP contribution in [0.4, 0.5) is 17.1 Å². The highest BCUT2D eigenvalue weighted by Crippen LogP contribution is 2.31. The number of anilines is 3. The second-order valence-electron chi connectivity index (χ2n) is 4.69. The van der Waals surface area contributed by atoms with Crippen molar-refractivity contribution in [1.82, 2.24) is 0 Å². The fraction of sp³-hybridized carbons (Fsp3) is 0.143. The summed E-state index contributed by atoms with van der Waals surface area (Å²) < 4.78 is 25.4. The molecule has 20 heavy (non-hydrogen) atoms. The summed E-state index contributed by atoms with van der Waals surface area (Å²) in [5.74, 6) is 0. The molecule has 0 heterocycles. The second-order valence-corrected chi connectivity index (χ2v) is 6.61. The van der Waals surface area contributed by atoms with Gasteiger partial charge < -0.3 is 16.4 Å². The molecule has 0 aromatic heterocycles. The molecule has 0 aliphatic carbocycles. The van der Waals surface area contributed by atoms with Gasteiger partial charge >= 0.3 is 0 Å². The summed E-state index contributed by atoms with van der Waals surface area (Å²) in [6.45, 7) is 0. The molecule has 0 radical (unpaired) electrons. The zero-order chi connectivity index (χ0) is 14.9. The Hall–Kier alpha value is -2.21. The minimum atomic E-state index is -3.63. The fourth-order valence-corrected chi connectivity index (χ4v) is 3.45. The van der Waals surface area contributed by atoms with Crippen molar-refractivity contribution in [2.24, 2.45) is 0 Å². The Kier molecular flexibility index (Phi) is 3.59. The molecular formula is C14H17N3O2S. The average molecular weight is 291 g/mol. The highest BCUT2D eigenvalue weighted by atomic mass is 32.2. The second kappa shape index (κ2) is 5.05. The van der Waals surface area contributed by atoms with Gasteiger partial charge in [-0.2, -0.15) is 0 Å². The molecule has 106 valence electrons. The molecule has 2 rings (SSSR count). The lowest BCUT2D eigenvalue weighted by atomic mass is 10.3. The monoisotopic (exact) mass is 291 g/mol. The maximum atomic E-state index is 12.7. The topological polar surface area (TPSA) is 89.4 Å². The summed E-state index contributed by atoms with van der Waals surface area (Å²) in [4.78, 5) is 2.12. The molecule has 0 amide bonds. The van der Waals surface area contributed by atoms with Gasteiger partial charge in [-0.05, 0) is 42.5 Å². The number of sulfone groups is 1. The highest BCUT2D eigenvalue weighted by molar-refractivity contribution is 7.91. The van der Waals surface area contributed by atoms with Crippen molar-refractivity contribution in [2.75, 3.05) is 30.5 Å². The minimum absolute atomic E-state index is 0.187. The number of benzene rings is 2. The largest absolute Gasteiger partial charge is 0.399 e. The van der Waals surface area contributed by atoms with Gasteiger partial charge in [-0.3, -0.25) is 0 Å². The predicted octanol–water partition coefficient (Wildman–Crippen LogP) is 1.75. The van der Waals surface area contributed by atoms with Crippen molar-refractivity contribution in [3.8, 4) is 0 Å². The van der Waals surface area contributed by atoms with Gasteiger partial charge in [0, 0.05) is 25.5 Å². The van der Waals surface area contributed by atoms with Crippen molar-refractivity contribution >= 4 is 26.9 Å². The Morgan fingerprint density at radius 3 is 2.00 bits per heavy atom. The molecule has 2 aromatic carbocycles. The third-order valence-corrected chi connectivity index (χ3v) is 4.74. The zero-order valence-corrected chi connectivity index (χ0v) is 12.2. The van der Waals surface area contributed by atoms with Crippen LogP contribution < -0.4 is 16.4 Å². The lowest BCUT2D eigenvalue weighted by molar-refractivity contribution is 0.596. The van der Waals surface area contributed by atoms with Gasteiger partial charge in [0.25, 0.3) is 0 Å². The molecule has 0 aliphatic rings. The van der Waals surface area contributed by atoms with Gasteiger partial charge in [0.15, 0.2) is 0 Å². The van der Waals surface area contributed by atoms with Gasteiger partial charge in [-0.25, -0.2) is 8.42 Å². The van der Waals surface area contributed by atoms with Crippen LogP contribution in [0.1, 0.15) is 0 Å². The lowest BCUT2D eigenvalue weighted by Crippen LogP contribution is -2.14. The fourth-order valence-electron chi connectivity index (χ4n) is 1.89. The van der Waals surface area contributed by atoms with E-state index in [4.69, 9.17) is 11.5 Å². The molecule has 0 unspecified atom stereocenters. The van der Waals surface area contributed by atoms with Crippen LogP contribution in [0.2, 0.25) is 0 Å². The van der Waals surface area contributed by atoms with E-state index in [9.17, 15) is 8.42 Å². The van der Waals surface area contributed by atoms with E-state index in [1.165, 1.54) is 18.2 Å². The van der Waals surface area contributed by atoms with Crippen LogP contribution in [0.5, 0.6) is 0 Å². The van der Waals surface area contributed by atoms with Crippen molar-refractivity contribution in [3.63, 3.8) is 0 Å². The van der Waals surface area contributed by atoms with E-state index >= 15 is 0 Å². The van der Waals surface area contributed by atoms with E-state index in [2.05, 4.69) is 0 Å². The molecule has 0 atom stereocenters. The van der Waals surface area contributed by atoms with Crippen LogP contribution in [0.15, 0.2) is 52.3 Å². The number of nitrogens with zero attached hydrogens (tertiary/aromatic N) is 1. The first-order chi connectivity index (χ1) is 9.32. The van der Waals surface area contributed by atoms with Crippen LogP contribution in [0.25, 0.3) is 0 Å². The predicted molar refractivity (Wildman–Crippen MR) is 81.5 cm³/mol. The maximum Gasteiger partial charge on any atom is 0.208 e. The van der Waals surface area contributed by atoms with Crippen molar-refractivity contribution in [1.29, 1.82) is 0 Å². The van der Waals surface area contributed by atoms with E-state index < -0.39 is 9.84 Å². The van der Waals surface area contributed by atoms with Crippen molar-refractivity contribution in [3.05, 3.63) is 42.5 Å². The van der Waals surface area contributed by atoms with E-state index in [1.54, 1.807) is 43.3 Å². The molecule has 0 bridgehead atoms. The average Bonchev–Trinajstić information content (AvgIpc) is 2.38. The minimum Gasteiger partial charge on any atom is -0.399 e. The third kappa shape index (κ3) is 2.55. The number of rotatable bonds is 3. The molecular weight excluding hydrogens is 274 g/mol. The maximum absolute atomic E-state index is 12.7. The van der Waals surface area contributed by atoms with E-state index in [1.807, 2.05) is 0 Å². The number of nitrogens with two attached hydrogens (primary N) is 2. The summed E-state index contributed by atoms with van der Waals surface area (Å²) in [7, 11) is -0.0606. The smallest absolute Gasteiger partial charge is 0.208 e. The molecule has 0 spiro atoms.